The van der Waals surface area contributed by atoms with Crippen molar-refractivity contribution < 1.29 is 24.6 Å². The number of nitrogens with zero attached hydrogens (tertiary/aromatic N) is 1. The van der Waals surface area contributed by atoms with E-state index in [2.05, 4.69) is 0 Å². The van der Waals surface area contributed by atoms with Crippen molar-refractivity contribution in [1.82, 2.24) is 5.06 Å². The summed E-state index contributed by atoms with van der Waals surface area (Å²) in [5.41, 5.74) is 6.14. The summed E-state index contributed by atoms with van der Waals surface area (Å²) in [6.45, 7) is 6.54. The number of rotatable bonds is 4. The molecule has 1 heterocycles. The molecule has 4 rings (SSSR count). The standard InChI is InChI=1S/C25H30N2O5/c1-23(2)13-20(26)25(21(28)29,24(3,4)27(23)31)22(30)32-14-19-17-11-7-5-9-15(17)16-10-6-8-12-18(16)19/h5-12,19-20,31H,13-14,26H2,1-4H3,(H,28,29)/t20-,25-/m0/s1. The van der Waals surface area contributed by atoms with Crippen molar-refractivity contribution in [2.45, 2.75) is 57.2 Å². The minimum atomic E-state index is -2.13. The molecular weight excluding hydrogens is 408 g/mol. The first-order valence-corrected chi connectivity index (χ1v) is 10.8. The smallest absolute Gasteiger partial charge is 0.327 e. The van der Waals surface area contributed by atoms with Gasteiger partial charge in [-0.1, -0.05) is 48.5 Å². The molecule has 0 spiro atoms. The third kappa shape index (κ3) is 2.92. The fourth-order valence-electron chi connectivity index (χ4n) is 5.78. The number of benzene rings is 2. The quantitative estimate of drug-likeness (QED) is 0.495. The van der Waals surface area contributed by atoms with E-state index in [-0.39, 0.29) is 18.9 Å². The molecular formula is C25H30N2O5. The van der Waals surface area contributed by atoms with Crippen LogP contribution in [-0.4, -0.2) is 51.0 Å². The first-order valence-electron chi connectivity index (χ1n) is 10.8. The van der Waals surface area contributed by atoms with Crippen LogP contribution in [0.3, 0.4) is 0 Å². The molecule has 0 bridgehead atoms. The Balaban J connectivity index is 1.68. The number of ether oxygens (including phenoxy) is 1. The SMILES string of the molecule is CC1(C)C[C@H](N)[C@](C(=O)O)(C(=O)OCC2c3ccccc3-c3ccccc32)C(C)(C)N1O. The van der Waals surface area contributed by atoms with Gasteiger partial charge in [-0.25, -0.2) is 0 Å². The number of hydrogen-bond acceptors (Lipinski definition) is 6. The molecule has 4 N–H and O–H groups in total. The second-order valence-electron chi connectivity index (χ2n) is 9.93. The number of fused-ring (bicyclic) bond motifs is 3. The van der Waals surface area contributed by atoms with Crippen molar-refractivity contribution in [3.63, 3.8) is 0 Å². The fraction of sp³-hybridized carbons (Fsp3) is 0.440. The number of hydroxylamine groups is 2. The van der Waals surface area contributed by atoms with Gasteiger partial charge >= 0.3 is 11.9 Å². The lowest BCUT2D eigenvalue weighted by molar-refractivity contribution is -0.284. The first-order chi connectivity index (χ1) is 15.0. The maximum Gasteiger partial charge on any atom is 0.327 e. The van der Waals surface area contributed by atoms with Gasteiger partial charge in [-0.3, -0.25) is 9.59 Å². The molecule has 2 aliphatic rings. The summed E-state index contributed by atoms with van der Waals surface area (Å²) in [5, 5.41) is 22.0. The summed E-state index contributed by atoms with van der Waals surface area (Å²) in [6.07, 6.45) is 0.115. The maximum absolute atomic E-state index is 13.5. The van der Waals surface area contributed by atoms with Crippen molar-refractivity contribution in [3.8, 4) is 11.1 Å². The molecule has 1 fully saturated rings. The number of piperidine rings is 1. The lowest BCUT2D eigenvalue weighted by Crippen LogP contribution is -2.77. The van der Waals surface area contributed by atoms with Crippen LogP contribution in [0.5, 0.6) is 0 Å². The molecule has 1 aliphatic carbocycles. The summed E-state index contributed by atoms with van der Waals surface area (Å²) < 4.78 is 5.73. The highest BCUT2D eigenvalue weighted by molar-refractivity contribution is 6.02. The van der Waals surface area contributed by atoms with Crippen LogP contribution in [0.25, 0.3) is 11.1 Å². The van der Waals surface area contributed by atoms with Gasteiger partial charge in [0.2, 0.25) is 0 Å². The first kappa shape index (κ1) is 22.5. The maximum atomic E-state index is 13.5. The molecule has 1 saturated heterocycles. The van der Waals surface area contributed by atoms with E-state index in [0.717, 1.165) is 27.3 Å². The highest BCUT2D eigenvalue weighted by Gasteiger charge is 2.70. The molecule has 32 heavy (non-hydrogen) atoms. The fourth-order valence-corrected chi connectivity index (χ4v) is 5.78. The third-order valence-corrected chi connectivity index (χ3v) is 7.35. The zero-order chi connectivity index (χ0) is 23.5. The Morgan fingerprint density at radius 1 is 1.03 bits per heavy atom. The van der Waals surface area contributed by atoms with Gasteiger partial charge in [0, 0.05) is 17.5 Å². The number of aliphatic carboxylic acids is 1. The van der Waals surface area contributed by atoms with Gasteiger partial charge in [0.25, 0.3) is 0 Å². The van der Waals surface area contributed by atoms with Crippen molar-refractivity contribution >= 4 is 11.9 Å². The van der Waals surface area contributed by atoms with Crippen LogP contribution < -0.4 is 5.73 Å². The van der Waals surface area contributed by atoms with Gasteiger partial charge in [0.1, 0.15) is 6.61 Å². The highest BCUT2D eigenvalue weighted by Crippen LogP contribution is 2.50. The van der Waals surface area contributed by atoms with E-state index in [4.69, 9.17) is 10.5 Å². The van der Waals surface area contributed by atoms with Gasteiger partial charge in [0.15, 0.2) is 5.41 Å². The third-order valence-electron chi connectivity index (χ3n) is 7.35. The zero-order valence-electron chi connectivity index (χ0n) is 18.8. The number of carboxylic acids is 1. The van der Waals surface area contributed by atoms with Gasteiger partial charge in [-0.2, -0.15) is 5.06 Å². The Hall–Kier alpha value is -2.74. The van der Waals surface area contributed by atoms with Crippen LogP contribution >= 0.6 is 0 Å². The predicted molar refractivity (Wildman–Crippen MR) is 119 cm³/mol. The van der Waals surface area contributed by atoms with E-state index in [1.165, 1.54) is 13.8 Å². The Labute approximate surface area is 187 Å². The van der Waals surface area contributed by atoms with Gasteiger partial charge < -0.3 is 20.8 Å². The minimum Gasteiger partial charge on any atom is -0.480 e. The van der Waals surface area contributed by atoms with E-state index in [1.807, 2.05) is 48.5 Å². The van der Waals surface area contributed by atoms with Crippen LogP contribution in [0.15, 0.2) is 48.5 Å². The molecule has 2 atom stereocenters. The van der Waals surface area contributed by atoms with E-state index in [9.17, 15) is 19.9 Å². The van der Waals surface area contributed by atoms with Crippen LogP contribution in [0.1, 0.15) is 51.2 Å². The lowest BCUT2D eigenvalue weighted by atomic mass is 9.59. The Morgan fingerprint density at radius 2 is 1.53 bits per heavy atom. The average molecular weight is 439 g/mol. The molecule has 0 saturated carbocycles. The van der Waals surface area contributed by atoms with Crippen LogP contribution in [0, 0.1) is 5.41 Å². The number of esters is 1. The lowest BCUT2D eigenvalue weighted by Gasteiger charge is -2.58. The van der Waals surface area contributed by atoms with E-state index in [1.54, 1.807) is 13.8 Å². The van der Waals surface area contributed by atoms with E-state index < -0.39 is 34.5 Å². The normalized spacial score (nSPS) is 26.2. The molecule has 0 radical (unpaired) electrons. The van der Waals surface area contributed by atoms with Crippen molar-refractivity contribution in [2.75, 3.05) is 6.61 Å². The summed E-state index contributed by atoms with van der Waals surface area (Å²) in [4.78, 5) is 26.1. The molecule has 2 aromatic carbocycles. The summed E-state index contributed by atoms with van der Waals surface area (Å²) in [7, 11) is 0. The number of carboxylic acid groups (broad SMARTS) is 1. The molecule has 7 nitrogen and oxygen atoms in total. The van der Waals surface area contributed by atoms with Crippen LogP contribution in [0.2, 0.25) is 0 Å². The van der Waals surface area contributed by atoms with E-state index in [0.29, 0.717) is 0 Å². The van der Waals surface area contributed by atoms with Gasteiger partial charge in [-0.05, 0) is 56.4 Å². The minimum absolute atomic E-state index is 0.0144. The van der Waals surface area contributed by atoms with Crippen molar-refractivity contribution in [2.24, 2.45) is 11.1 Å². The molecule has 170 valence electrons. The van der Waals surface area contributed by atoms with E-state index >= 15 is 0 Å². The molecule has 0 aromatic heterocycles. The number of carbonyl (C=O) groups is 2. The molecule has 2 aromatic rings. The second kappa shape index (κ2) is 7.40. The number of nitrogens with two attached hydrogens (primary N) is 1. The second-order valence-corrected chi connectivity index (χ2v) is 9.93. The monoisotopic (exact) mass is 438 g/mol. The Morgan fingerprint density at radius 3 is 2.03 bits per heavy atom. The molecule has 1 aliphatic heterocycles. The largest absolute Gasteiger partial charge is 0.480 e. The predicted octanol–water partition coefficient (Wildman–Crippen LogP) is 3.39. The van der Waals surface area contributed by atoms with Crippen LogP contribution in [0.4, 0.5) is 0 Å². The highest BCUT2D eigenvalue weighted by atomic mass is 16.5. The van der Waals surface area contributed by atoms with Crippen molar-refractivity contribution in [1.29, 1.82) is 0 Å². The average Bonchev–Trinajstić information content (AvgIpc) is 3.04. The Kier molecular flexibility index (Phi) is 5.19. The van der Waals surface area contributed by atoms with Crippen LogP contribution in [-0.2, 0) is 14.3 Å². The van der Waals surface area contributed by atoms with Crippen molar-refractivity contribution in [3.05, 3.63) is 59.7 Å². The number of hydrogen-bond donors (Lipinski definition) is 3. The summed E-state index contributed by atoms with van der Waals surface area (Å²) in [6, 6.07) is 14.8. The molecule has 7 heteroatoms. The summed E-state index contributed by atoms with van der Waals surface area (Å²) in [5.74, 6) is -2.54. The summed E-state index contributed by atoms with van der Waals surface area (Å²) >= 11 is 0. The Bertz CT molecular complexity index is 1030. The topological polar surface area (TPSA) is 113 Å². The molecule has 0 amide bonds. The zero-order valence-corrected chi connectivity index (χ0v) is 18.8. The number of carbonyl (C=O) groups excluding carboxylic acids is 1. The van der Waals surface area contributed by atoms with Gasteiger partial charge in [0.05, 0.1) is 5.54 Å². The molecule has 0 unspecified atom stereocenters. The van der Waals surface area contributed by atoms with Gasteiger partial charge in [-0.15, -0.1) is 0 Å².